The Morgan fingerprint density at radius 1 is 1.24 bits per heavy atom. The highest BCUT2D eigenvalue weighted by molar-refractivity contribution is 5.80. The highest BCUT2D eigenvalue weighted by Gasteiger charge is 2.41. The quantitative estimate of drug-likeness (QED) is 0.742. The molecule has 3 unspecified atom stereocenters. The van der Waals surface area contributed by atoms with Crippen LogP contribution in [0.4, 0.5) is 0 Å². The molecule has 3 nitrogen and oxygen atoms in total. The van der Waals surface area contributed by atoms with Crippen LogP contribution in [-0.4, -0.2) is 53.3 Å². The van der Waals surface area contributed by atoms with Gasteiger partial charge >= 0.3 is 0 Å². The van der Waals surface area contributed by atoms with Gasteiger partial charge in [-0.15, -0.1) is 0 Å². The molecule has 0 aromatic heterocycles. The lowest BCUT2D eigenvalue weighted by Crippen LogP contribution is -2.49. The molecule has 3 heteroatoms. The van der Waals surface area contributed by atoms with E-state index in [-0.39, 0.29) is 0 Å². The second-order valence-electron chi connectivity index (χ2n) is 6.27. The second-order valence-corrected chi connectivity index (χ2v) is 6.27. The molecule has 0 radical (unpaired) electrons. The van der Waals surface area contributed by atoms with Crippen LogP contribution in [0.15, 0.2) is 0 Å². The van der Waals surface area contributed by atoms with Crippen LogP contribution in [-0.2, 0) is 4.79 Å². The molecule has 0 N–H and O–H groups in total. The minimum absolute atomic E-state index is 0.497. The van der Waals surface area contributed by atoms with Crippen molar-refractivity contribution in [2.45, 2.75) is 69.6 Å². The summed E-state index contributed by atoms with van der Waals surface area (Å²) in [6.45, 7) is 3.50. The molecule has 1 aliphatic carbocycles. The van der Waals surface area contributed by atoms with Crippen molar-refractivity contribution in [3.05, 3.63) is 0 Å². The van der Waals surface area contributed by atoms with E-state index in [0.29, 0.717) is 23.9 Å². The number of carbonyl (C=O) groups excluding carboxylic acids is 1. The number of ketones is 1. The maximum absolute atomic E-state index is 11.6. The average Bonchev–Trinajstić information content (AvgIpc) is 3.08. The van der Waals surface area contributed by atoms with Gasteiger partial charge in [0.2, 0.25) is 0 Å². The zero-order valence-corrected chi connectivity index (χ0v) is 11.1. The molecule has 2 heterocycles. The van der Waals surface area contributed by atoms with Gasteiger partial charge in [-0.2, -0.15) is 0 Å². The Balaban J connectivity index is 1.59. The van der Waals surface area contributed by atoms with Crippen molar-refractivity contribution in [2.24, 2.45) is 0 Å². The van der Waals surface area contributed by atoms with Crippen molar-refractivity contribution in [1.82, 2.24) is 9.80 Å². The summed E-state index contributed by atoms with van der Waals surface area (Å²) in [4.78, 5) is 16.7. The molecule has 3 rings (SSSR count). The van der Waals surface area contributed by atoms with E-state index in [1.54, 1.807) is 0 Å². The van der Waals surface area contributed by atoms with Crippen molar-refractivity contribution in [1.29, 1.82) is 0 Å². The first-order valence-corrected chi connectivity index (χ1v) is 7.14. The van der Waals surface area contributed by atoms with Crippen LogP contribution in [0.25, 0.3) is 0 Å². The normalized spacial score (nSPS) is 35.6. The van der Waals surface area contributed by atoms with Crippen LogP contribution in [0.1, 0.15) is 45.4 Å². The second kappa shape index (κ2) is 4.36. The largest absolute Gasteiger partial charge is 0.300 e. The number of Topliss-reactive ketones (excluding diaryl/α,β-unsaturated/α-hetero) is 1. The Bertz CT molecular complexity index is 297. The SMILES string of the molecule is CC(CN1C2CCC1CC(=O)C2)N(C)C1CC1. The molecule has 0 aromatic carbocycles. The molecule has 2 aliphatic heterocycles. The first-order valence-electron chi connectivity index (χ1n) is 7.14. The molecular weight excluding hydrogens is 212 g/mol. The fraction of sp³-hybridized carbons (Fsp3) is 0.929. The first-order chi connectivity index (χ1) is 8.15. The van der Waals surface area contributed by atoms with Crippen LogP contribution < -0.4 is 0 Å². The van der Waals surface area contributed by atoms with Crippen LogP contribution in [0.5, 0.6) is 0 Å². The highest BCUT2D eigenvalue weighted by Crippen LogP contribution is 2.35. The maximum atomic E-state index is 11.6. The van der Waals surface area contributed by atoms with Gasteiger partial charge in [0.15, 0.2) is 0 Å². The summed E-state index contributed by atoms with van der Waals surface area (Å²) in [5, 5.41) is 0. The molecule has 3 atom stereocenters. The lowest BCUT2D eigenvalue weighted by Gasteiger charge is -2.38. The Kier molecular flexibility index (Phi) is 2.99. The number of hydrogen-bond donors (Lipinski definition) is 0. The van der Waals surface area contributed by atoms with E-state index in [9.17, 15) is 4.79 Å². The molecule has 2 saturated heterocycles. The van der Waals surface area contributed by atoms with E-state index in [2.05, 4.69) is 23.8 Å². The lowest BCUT2D eigenvalue weighted by molar-refractivity contribution is -0.123. The Morgan fingerprint density at radius 3 is 2.35 bits per heavy atom. The molecular formula is C14H24N2O. The molecule has 17 heavy (non-hydrogen) atoms. The zero-order valence-electron chi connectivity index (χ0n) is 11.1. The predicted molar refractivity (Wildman–Crippen MR) is 68.0 cm³/mol. The van der Waals surface area contributed by atoms with E-state index >= 15 is 0 Å². The van der Waals surface area contributed by atoms with Gasteiger partial charge in [-0.25, -0.2) is 0 Å². The lowest BCUT2D eigenvalue weighted by atomic mass is 10.0. The van der Waals surface area contributed by atoms with Crippen LogP contribution in [0.3, 0.4) is 0 Å². The summed E-state index contributed by atoms with van der Waals surface area (Å²) in [5.74, 6) is 0.497. The van der Waals surface area contributed by atoms with Crippen molar-refractivity contribution in [3.63, 3.8) is 0 Å². The van der Waals surface area contributed by atoms with E-state index in [0.717, 1.165) is 25.4 Å². The summed E-state index contributed by atoms with van der Waals surface area (Å²) in [7, 11) is 2.26. The number of likely N-dealkylation sites (N-methyl/N-ethyl adjacent to an activating group) is 1. The molecule has 3 aliphatic rings. The standard InChI is InChI=1S/C14H24N2O/c1-10(15(2)11-3-4-11)9-16-12-5-6-13(16)8-14(17)7-12/h10-13H,3-9H2,1-2H3. The smallest absolute Gasteiger partial charge is 0.136 e. The van der Waals surface area contributed by atoms with Crippen molar-refractivity contribution >= 4 is 5.78 Å². The molecule has 3 fully saturated rings. The molecule has 96 valence electrons. The first kappa shape index (κ1) is 11.7. The number of fused-ring (bicyclic) bond motifs is 2. The molecule has 0 amide bonds. The van der Waals surface area contributed by atoms with Gasteiger partial charge in [0.25, 0.3) is 0 Å². The molecule has 1 saturated carbocycles. The molecule has 2 bridgehead atoms. The van der Waals surface area contributed by atoms with Crippen molar-refractivity contribution < 1.29 is 4.79 Å². The fourth-order valence-corrected chi connectivity index (χ4v) is 3.64. The Hall–Kier alpha value is -0.410. The van der Waals surface area contributed by atoms with E-state index in [1.165, 1.54) is 25.7 Å². The van der Waals surface area contributed by atoms with E-state index < -0.39 is 0 Å². The van der Waals surface area contributed by atoms with Gasteiger partial charge in [-0.1, -0.05) is 0 Å². The van der Waals surface area contributed by atoms with E-state index in [1.807, 2.05) is 0 Å². The number of carbonyl (C=O) groups is 1. The zero-order chi connectivity index (χ0) is 12.0. The minimum Gasteiger partial charge on any atom is -0.300 e. The van der Waals surface area contributed by atoms with Crippen LogP contribution in [0.2, 0.25) is 0 Å². The summed E-state index contributed by atoms with van der Waals surface area (Å²) in [5.41, 5.74) is 0. The summed E-state index contributed by atoms with van der Waals surface area (Å²) in [6.07, 6.45) is 6.89. The molecule has 0 aromatic rings. The maximum Gasteiger partial charge on any atom is 0.136 e. The summed E-state index contributed by atoms with van der Waals surface area (Å²) in [6, 6.07) is 2.61. The monoisotopic (exact) mass is 236 g/mol. The van der Waals surface area contributed by atoms with Crippen molar-refractivity contribution in [2.75, 3.05) is 13.6 Å². The van der Waals surface area contributed by atoms with Crippen molar-refractivity contribution in [3.8, 4) is 0 Å². The Labute approximate surface area is 104 Å². The van der Waals surface area contributed by atoms with Gasteiger partial charge in [-0.05, 0) is 39.7 Å². The third-order valence-electron chi connectivity index (χ3n) is 4.99. The number of piperidine rings is 1. The van der Waals surface area contributed by atoms with Gasteiger partial charge in [0.1, 0.15) is 5.78 Å². The van der Waals surface area contributed by atoms with Crippen LogP contribution in [0, 0.1) is 0 Å². The fourth-order valence-electron chi connectivity index (χ4n) is 3.64. The predicted octanol–water partition coefficient (Wildman–Crippen LogP) is 1.67. The van der Waals surface area contributed by atoms with Crippen LogP contribution >= 0.6 is 0 Å². The van der Waals surface area contributed by atoms with Gasteiger partial charge in [0.05, 0.1) is 0 Å². The minimum atomic E-state index is 0.497. The summed E-state index contributed by atoms with van der Waals surface area (Å²) < 4.78 is 0. The number of hydrogen-bond acceptors (Lipinski definition) is 3. The third kappa shape index (κ3) is 2.27. The average molecular weight is 236 g/mol. The number of rotatable bonds is 4. The highest BCUT2D eigenvalue weighted by atomic mass is 16.1. The third-order valence-corrected chi connectivity index (χ3v) is 4.99. The van der Waals surface area contributed by atoms with Gasteiger partial charge in [-0.3, -0.25) is 14.6 Å². The van der Waals surface area contributed by atoms with Gasteiger partial charge < -0.3 is 0 Å². The Morgan fingerprint density at radius 2 is 1.82 bits per heavy atom. The molecule has 0 spiro atoms. The number of nitrogens with zero attached hydrogens (tertiary/aromatic N) is 2. The van der Waals surface area contributed by atoms with Gasteiger partial charge in [0, 0.05) is 43.6 Å². The summed E-state index contributed by atoms with van der Waals surface area (Å²) >= 11 is 0. The topological polar surface area (TPSA) is 23.6 Å². The van der Waals surface area contributed by atoms with E-state index in [4.69, 9.17) is 0 Å².